The van der Waals surface area contributed by atoms with Gasteiger partial charge in [-0.3, -0.25) is 9.79 Å². The lowest BCUT2D eigenvalue weighted by Crippen LogP contribution is -2.21. The summed E-state index contributed by atoms with van der Waals surface area (Å²) in [7, 11) is 0. The number of Topliss-reactive ketones (excluding diaryl/α,β-unsaturated/α-hetero) is 1. The number of alkyl halides is 1. The number of carbonyl (C=O) groups excluding carboxylic acids is 1. The van der Waals surface area contributed by atoms with Gasteiger partial charge in [-0.2, -0.15) is 0 Å². The Balaban J connectivity index is 2.82. The molecular formula is C9H12BrNO. The maximum Gasteiger partial charge on any atom is 0.171 e. The quantitative estimate of drug-likeness (QED) is 0.668. The van der Waals surface area contributed by atoms with Crippen LogP contribution in [0.5, 0.6) is 0 Å². The summed E-state index contributed by atoms with van der Waals surface area (Å²) in [5.41, 5.74) is 0.835. The van der Waals surface area contributed by atoms with Crippen LogP contribution in [0, 0.1) is 11.8 Å². The normalized spacial score (nSPS) is 28.4. The monoisotopic (exact) mass is 229 g/mol. The van der Waals surface area contributed by atoms with E-state index in [1.54, 1.807) is 6.20 Å². The molecule has 0 spiro atoms. The van der Waals surface area contributed by atoms with Crippen molar-refractivity contribution in [2.24, 2.45) is 16.8 Å². The second-order valence-electron chi connectivity index (χ2n) is 3.09. The summed E-state index contributed by atoms with van der Waals surface area (Å²) in [6, 6.07) is 0. The first-order valence-electron chi connectivity index (χ1n) is 3.99. The molecule has 0 aromatic heterocycles. The van der Waals surface area contributed by atoms with E-state index in [1.807, 2.05) is 6.21 Å². The molecule has 0 bridgehead atoms. The van der Waals surface area contributed by atoms with Crippen LogP contribution in [0.2, 0.25) is 0 Å². The van der Waals surface area contributed by atoms with Crippen molar-refractivity contribution in [2.75, 3.05) is 5.33 Å². The lowest BCUT2D eigenvalue weighted by molar-refractivity contribution is -0.113. The van der Waals surface area contributed by atoms with Gasteiger partial charge in [-0.15, -0.1) is 0 Å². The van der Waals surface area contributed by atoms with Gasteiger partial charge in [0.05, 0.1) is 5.33 Å². The first-order valence-corrected chi connectivity index (χ1v) is 5.11. The Bertz CT molecular complexity index is 245. The van der Waals surface area contributed by atoms with Crippen LogP contribution in [0.1, 0.15) is 13.8 Å². The zero-order valence-corrected chi connectivity index (χ0v) is 8.84. The smallest absolute Gasteiger partial charge is 0.171 e. The number of ketones is 1. The fraction of sp³-hybridized carbons (Fsp3) is 0.556. The summed E-state index contributed by atoms with van der Waals surface area (Å²) < 4.78 is 0. The summed E-state index contributed by atoms with van der Waals surface area (Å²) in [4.78, 5) is 15.4. The number of aliphatic imine (C=N–C) groups is 1. The third kappa shape index (κ3) is 1.83. The lowest BCUT2D eigenvalue weighted by atomic mass is 9.86. The maximum atomic E-state index is 11.3. The predicted molar refractivity (Wildman–Crippen MR) is 53.7 cm³/mol. The number of halogens is 1. The Labute approximate surface area is 80.9 Å². The first-order chi connectivity index (χ1) is 5.66. The third-order valence-corrected chi connectivity index (χ3v) is 2.77. The Morgan fingerprint density at radius 1 is 1.67 bits per heavy atom. The molecule has 2 unspecified atom stereocenters. The number of carbonyl (C=O) groups is 1. The van der Waals surface area contributed by atoms with Crippen LogP contribution in [0.15, 0.2) is 16.8 Å². The largest absolute Gasteiger partial charge is 0.294 e. The zero-order valence-electron chi connectivity index (χ0n) is 7.25. The Hall–Kier alpha value is -0.440. The van der Waals surface area contributed by atoms with E-state index in [2.05, 4.69) is 34.8 Å². The molecular weight excluding hydrogens is 218 g/mol. The van der Waals surface area contributed by atoms with Crippen molar-refractivity contribution in [2.45, 2.75) is 13.8 Å². The van der Waals surface area contributed by atoms with Gasteiger partial charge in [-0.25, -0.2) is 0 Å². The van der Waals surface area contributed by atoms with E-state index < -0.39 is 0 Å². The summed E-state index contributed by atoms with van der Waals surface area (Å²) in [6.07, 6.45) is 3.56. The van der Waals surface area contributed by atoms with Crippen molar-refractivity contribution in [3.63, 3.8) is 0 Å². The zero-order chi connectivity index (χ0) is 9.14. The van der Waals surface area contributed by atoms with Gasteiger partial charge in [-0.05, 0) is 11.8 Å². The average molecular weight is 230 g/mol. The van der Waals surface area contributed by atoms with Crippen LogP contribution in [-0.4, -0.2) is 17.3 Å². The van der Waals surface area contributed by atoms with Gasteiger partial charge < -0.3 is 0 Å². The molecule has 2 atom stereocenters. The molecule has 0 radical (unpaired) electrons. The van der Waals surface area contributed by atoms with Gasteiger partial charge in [0.25, 0.3) is 0 Å². The Kier molecular flexibility index (Phi) is 3.20. The van der Waals surface area contributed by atoms with Gasteiger partial charge >= 0.3 is 0 Å². The number of rotatable bonds is 2. The fourth-order valence-corrected chi connectivity index (χ4v) is 1.52. The summed E-state index contributed by atoms with van der Waals surface area (Å²) in [6.45, 7) is 4.13. The van der Waals surface area contributed by atoms with Crippen molar-refractivity contribution >= 4 is 27.9 Å². The highest BCUT2D eigenvalue weighted by molar-refractivity contribution is 9.09. The van der Waals surface area contributed by atoms with Crippen molar-refractivity contribution in [3.05, 3.63) is 11.8 Å². The minimum Gasteiger partial charge on any atom is -0.294 e. The molecule has 1 aliphatic heterocycles. The molecule has 2 nitrogen and oxygen atoms in total. The molecule has 1 heterocycles. The van der Waals surface area contributed by atoms with Crippen LogP contribution in [0.3, 0.4) is 0 Å². The average Bonchev–Trinajstić information content (AvgIpc) is 2.08. The Morgan fingerprint density at radius 2 is 2.33 bits per heavy atom. The number of allylic oxidation sites excluding steroid dienone is 1. The van der Waals surface area contributed by atoms with Gasteiger partial charge in [0.15, 0.2) is 5.78 Å². The van der Waals surface area contributed by atoms with Gasteiger partial charge in [-0.1, -0.05) is 29.8 Å². The highest BCUT2D eigenvalue weighted by Crippen LogP contribution is 2.23. The molecule has 0 saturated carbocycles. The number of hydrogen-bond donors (Lipinski definition) is 0. The molecule has 0 amide bonds. The third-order valence-electron chi connectivity index (χ3n) is 2.26. The van der Waals surface area contributed by atoms with Crippen molar-refractivity contribution in [1.82, 2.24) is 0 Å². The molecule has 0 aromatic carbocycles. The SMILES string of the molecule is CC1C=NC=C(C(=O)CBr)C1C. The van der Waals surface area contributed by atoms with Crippen LogP contribution in [-0.2, 0) is 4.79 Å². The van der Waals surface area contributed by atoms with Crippen molar-refractivity contribution in [3.8, 4) is 0 Å². The van der Waals surface area contributed by atoms with Crippen molar-refractivity contribution in [1.29, 1.82) is 0 Å². The molecule has 66 valence electrons. The molecule has 0 aliphatic carbocycles. The highest BCUT2D eigenvalue weighted by Gasteiger charge is 2.22. The predicted octanol–water partition coefficient (Wildman–Crippen LogP) is 2.19. The van der Waals surface area contributed by atoms with Gasteiger partial charge in [0, 0.05) is 18.0 Å². The van der Waals surface area contributed by atoms with E-state index in [4.69, 9.17) is 0 Å². The minimum atomic E-state index is 0.145. The topological polar surface area (TPSA) is 29.4 Å². The highest BCUT2D eigenvalue weighted by atomic mass is 79.9. The molecule has 12 heavy (non-hydrogen) atoms. The molecule has 3 heteroatoms. The van der Waals surface area contributed by atoms with Crippen LogP contribution < -0.4 is 0 Å². The molecule has 0 saturated heterocycles. The van der Waals surface area contributed by atoms with E-state index in [9.17, 15) is 4.79 Å². The van der Waals surface area contributed by atoms with E-state index in [0.29, 0.717) is 17.2 Å². The van der Waals surface area contributed by atoms with E-state index in [0.717, 1.165) is 5.57 Å². The Morgan fingerprint density at radius 3 is 2.92 bits per heavy atom. The first kappa shape index (κ1) is 9.65. The second-order valence-corrected chi connectivity index (χ2v) is 3.65. The van der Waals surface area contributed by atoms with Crippen molar-refractivity contribution < 1.29 is 4.79 Å². The summed E-state index contributed by atoms with van der Waals surface area (Å²) in [5, 5.41) is 0.394. The van der Waals surface area contributed by atoms with E-state index in [-0.39, 0.29) is 5.78 Å². The molecule has 0 fully saturated rings. The number of hydrogen-bond acceptors (Lipinski definition) is 2. The van der Waals surface area contributed by atoms with E-state index in [1.165, 1.54) is 0 Å². The minimum absolute atomic E-state index is 0.145. The van der Waals surface area contributed by atoms with Crippen LogP contribution in [0.4, 0.5) is 0 Å². The maximum absolute atomic E-state index is 11.3. The van der Waals surface area contributed by atoms with Crippen LogP contribution >= 0.6 is 15.9 Å². The molecule has 1 aliphatic rings. The van der Waals surface area contributed by atoms with E-state index >= 15 is 0 Å². The molecule has 0 N–H and O–H groups in total. The number of nitrogens with zero attached hydrogens (tertiary/aromatic N) is 1. The molecule has 0 aromatic rings. The second kappa shape index (κ2) is 3.99. The van der Waals surface area contributed by atoms with Crippen LogP contribution in [0.25, 0.3) is 0 Å². The molecule has 1 rings (SSSR count). The summed E-state index contributed by atoms with van der Waals surface area (Å²) >= 11 is 3.16. The lowest BCUT2D eigenvalue weighted by Gasteiger charge is -2.20. The van der Waals surface area contributed by atoms with Gasteiger partial charge in [0.1, 0.15) is 0 Å². The standard InChI is InChI=1S/C9H12BrNO/c1-6-4-11-5-8(7(6)2)9(12)3-10/h4-7H,3H2,1-2H3. The fourth-order valence-electron chi connectivity index (χ4n) is 1.19. The summed E-state index contributed by atoms with van der Waals surface area (Å²) in [5.74, 6) is 0.812. The van der Waals surface area contributed by atoms with Gasteiger partial charge in [0.2, 0.25) is 0 Å².